The summed E-state index contributed by atoms with van der Waals surface area (Å²) in [5.74, 6) is 0. The lowest BCUT2D eigenvalue weighted by Gasteiger charge is -2.40. The lowest BCUT2D eigenvalue weighted by molar-refractivity contribution is 0.615. The van der Waals surface area contributed by atoms with Crippen molar-refractivity contribution in [1.82, 2.24) is 4.72 Å². The second-order valence-corrected chi connectivity index (χ2v) is 14.8. The van der Waals surface area contributed by atoms with Crippen LogP contribution >= 0.6 is 0 Å². The van der Waals surface area contributed by atoms with E-state index in [-0.39, 0.29) is 10.4 Å². The van der Waals surface area contributed by atoms with Crippen molar-refractivity contribution in [3.05, 3.63) is 59.7 Å². The molecule has 0 spiro atoms. The Kier molecular flexibility index (Phi) is 7.23. The average molecular weight is 402 g/mol. The standard InChI is InChI=1S/C23H35NOSSi/c1-8-13-22(24-26(25)23(4,5)6)27(7,20-16-11-9-14-18(20)2)21-17-12-10-15-19(21)3/h9-12,14-17,22,24H,8,13H2,1-7H3/t22-,26-/m1/s1. The summed E-state index contributed by atoms with van der Waals surface area (Å²) < 4.78 is 16.4. The van der Waals surface area contributed by atoms with E-state index in [9.17, 15) is 4.21 Å². The number of hydrogen-bond donors (Lipinski definition) is 1. The fraction of sp³-hybridized carbons (Fsp3) is 0.478. The Balaban J connectivity index is 2.68. The molecule has 0 aromatic heterocycles. The van der Waals surface area contributed by atoms with E-state index in [1.807, 2.05) is 20.8 Å². The van der Waals surface area contributed by atoms with Crippen LogP contribution in [0.3, 0.4) is 0 Å². The minimum Gasteiger partial charge on any atom is -0.242 e. The summed E-state index contributed by atoms with van der Waals surface area (Å²) in [7, 11) is -3.28. The molecule has 0 heterocycles. The number of nitrogens with one attached hydrogen (secondary N) is 1. The molecule has 2 aromatic rings. The minimum atomic E-state index is -2.19. The quantitative estimate of drug-likeness (QED) is 0.690. The van der Waals surface area contributed by atoms with E-state index in [0.29, 0.717) is 0 Å². The van der Waals surface area contributed by atoms with Gasteiger partial charge in [-0.05, 0) is 51.4 Å². The smallest absolute Gasteiger partial charge is 0.133 e. The van der Waals surface area contributed by atoms with Crippen LogP contribution in [-0.2, 0) is 11.0 Å². The first-order chi connectivity index (χ1) is 12.6. The van der Waals surface area contributed by atoms with Gasteiger partial charge >= 0.3 is 0 Å². The molecular weight excluding hydrogens is 366 g/mol. The van der Waals surface area contributed by atoms with Gasteiger partial charge in [0.05, 0.1) is 15.7 Å². The van der Waals surface area contributed by atoms with Crippen LogP contribution in [0.25, 0.3) is 0 Å². The molecule has 2 aromatic carbocycles. The summed E-state index contributed by atoms with van der Waals surface area (Å²) >= 11 is 0. The molecular formula is C23H35NOSSi. The zero-order valence-electron chi connectivity index (χ0n) is 17.9. The van der Waals surface area contributed by atoms with Crippen LogP contribution in [0.4, 0.5) is 0 Å². The largest absolute Gasteiger partial charge is 0.242 e. The number of hydrogen-bond acceptors (Lipinski definition) is 1. The SMILES string of the molecule is CCC[C@H](N[S@](=O)C(C)(C)C)[Si](C)(c1ccccc1C)c1ccccc1C. The first kappa shape index (κ1) is 22.1. The van der Waals surface area contributed by atoms with E-state index in [4.69, 9.17) is 0 Å². The predicted molar refractivity (Wildman–Crippen MR) is 123 cm³/mol. The molecule has 0 radical (unpaired) electrons. The van der Waals surface area contributed by atoms with Crippen LogP contribution in [0.2, 0.25) is 6.55 Å². The van der Waals surface area contributed by atoms with Crippen molar-refractivity contribution in [2.75, 3.05) is 0 Å². The van der Waals surface area contributed by atoms with Crippen molar-refractivity contribution in [3.8, 4) is 0 Å². The summed E-state index contributed by atoms with van der Waals surface area (Å²) in [6, 6.07) is 17.5. The van der Waals surface area contributed by atoms with Gasteiger partial charge in [0.15, 0.2) is 0 Å². The van der Waals surface area contributed by atoms with Crippen molar-refractivity contribution < 1.29 is 4.21 Å². The lowest BCUT2D eigenvalue weighted by Crippen LogP contribution is -2.70. The van der Waals surface area contributed by atoms with Crippen molar-refractivity contribution in [3.63, 3.8) is 0 Å². The van der Waals surface area contributed by atoms with Gasteiger partial charge in [-0.1, -0.05) is 79.5 Å². The highest BCUT2D eigenvalue weighted by Gasteiger charge is 2.43. The van der Waals surface area contributed by atoms with Crippen molar-refractivity contribution in [2.45, 2.75) is 71.3 Å². The van der Waals surface area contributed by atoms with E-state index in [0.717, 1.165) is 12.8 Å². The van der Waals surface area contributed by atoms with Gasteiger partial charge in [-0.25, -0.2) is 8.93 Å². The Morgan fingerprint density at radius 3 is 1.78 bits per heavy atom. The highest BCUT2D eigenvalue weighted by atomic mass is 32.2. The summed E-state index contributed by atoms with van der Waals surface area (Å²) in [5, 5.41) is 2.88. The Labute approximate surface area is 169 Å². The first-order valence-electron chi connectivity index (χ1n) is 9.92. The molecule has 27 heavy (non-hydrogen) atoms. The molecule has 0 bridgehead atoms. The van der Waals surface area contributed by atoms with E-state index in [1.165, 1.54) is 21.5 Å². The number of aryl methyl sites for hydroxylation is 2. The van der Waals surface area contributed by atoms with Gasteiger partial charge in [0.25, 0.3) is 0 Å². The molecule has 0 saturated heterocycles. The van der Waals surface area contributed by atoms with E-state index < -0.39 is 19.1 Å². The molecule has 0 aliphatic heterocycles. The van der Waals surface area contributed by atoms with Gasteiger partial charge in [-0.15, -0.1) is 0 Å². The van der Waals surface area contributed by atoms with Gasteiger partial charge in [-0.3, -0.25) is 0 Å². The van der Waals surface area contributed by atoms with Crippen molar-refractivity contribution >= 4 is 29.4 Å². The minimum absolute atomic E-state index is 0.213. The zero-order chi connectivity index (χ0) is 20.2. The van der Waals surface area contributed by atoms with Gasteiger partial charge < -0.3 is 0 Å². The van der Waals surface area contributed by atoms with Crippen LogP contribution in [0.5, 0.6) is 0 Å². The van der Waals surface area contributed by atoms with Crippen LogP contribution < -0.4 is 15.1 Å². The average Bonchev–Trinajstić information content (AvgIpc) is 2.60. The highest BCUT2D eigenvalue weighted by Crippen LogP contribution is 2.21. The summed E-state index contributed by atoms with van der Waals surface area (Å²) in [5.41, 5.74) is 2.88. The summed E-state index contributed by atoms with van der Waals surface area (Å²) in [6.45, 7) is 15.2. The topological polar surface area (TPSA) is 29.1 Å². The van der Waals surface area contributed by atoms with E-state index in [2.05, 4.69) is 80.6 Å². The molecule has 148 valence electrons. The van der Waals surface area contributed by atoms with Gasteiger partial charge in [0, 0.05) is 5.67 Å². The van der Waals surface area contributed by atoms with Gasteiger partial charge in [0.2, 0.25) is 0 Å². The molecule has 0 aliphatic rings. The molecule has 0 fully saturated rings. The van der Waals surface area contributed by atoms with Gasteiger partial charge in [0.1, 0.15) is 8.07 Å². The predicted octanol–water partition coefficient (Wildman–Crippen LogP) is 4.26. The molecule has 0 unspecified atom stereocenters. The van der Waals surface area contributed by atoms with Crippen LogP contribution in [-0.4, -0.2) is 22.7 Å². The summed E-state index contributed by atoms with van der Waals surface area (Å²) in [6.07, 6.45) is 2.09. The molecule has 0 saturated carbocycles. The summed E-state index contributed by atoms with van der Waals surface area (Å²) in [4.78, 5) is 0. The highest BCUT2D eigenvalue weighted by molar-refractivity contribution is 7.84. The molecule has 2 rings (SSSR count). The number of rotatable bonds is 7. The normalized spacial score (nSPS) is 14.8. The molecule has 0 aliphatic carbocycles. The Bertz CT molecular complexity index is 751. The lowest BCUT2D eigenvalue weighted by atomic mass is 10.2. The maximum Gasteiger partial charge on any atom is 0.133 e. The maximum absolute atomic E-state index is 13.1. The van der Waals surface area contributed by atoms with Crippen LogP contribution in [0, 0.1) is 13.8 Å². The molecule has 2 nitrogen and oxygen atoms in total. The van der Waals surface area contributed by atoms with Gasteiger partial charge in [-0.2, -0.15) is 0 Å². The second-order valence-electron chi connectivity index (χ2n) is 8.67. The number of benzene rings is 2. The van der Waals surface area contributed by atoms with Crippen LogP contribution in [0.15, 0.2) is 48.5 Å². The third-order valence-electron chi connectivity index (χ3n) is 5.49. The second kappa shape index (κ2) is 8.85. The first-order valence-corrected chi connectivity index (χ1v) is 13.6. The molecule has 4 heteroatoms. The molecule has 1 N–H and O–H groups in total. The molecule has 2 atom stereocenters. The Hall–Kier alpha value is -1.23. The maximum atomic E-state index is 13.1. The van der Waals surface area contributed by atoms with Crippen LogP contribution in [0.1, 0.15) is 51.7 Å². The third-order valence-corrected chi connectivity index (χ3v) is 12.5. The Morgan fingerprint density at radius 2 is 1.41 bits per heavy atom. The fourth-order valence-electron chi connectivity index (χ4n) is 3.89. The Morgan fingerprint density at radius 1 is 0.963 bits per heavy atom. The van der Waals surface area contributed by atoms with E-state index >= 15 is 0 Å². The van der Waals surface area contributed by atoms with Crippen molar-refractivity contribution in [2.24, 2.45) is 0 Å². The third kappa shape index (κ3) is 4.79. The molecule has 0 amide bonds. The van der Waals surface area contributed by atoms with E-state index in [1.54, 1.807) is 0 Å². The van der Waals surface area contributed by atoms with Crippen molar-refractivity contribution in [1.29, 1.82) is 0 Å². The fourth-order valence-corrected chi connectivity index (χ4v) is 10.5. The monoisotopic (exact) mass is 401 g/mol. The zero-order valence-corrected chi connectivity index (χ0v) is 19.7.